The van der Waals surface area contributed by atoms with Crippen molar-refractivity contribution in [3.63, 3.8) is 0 Å². The highest BCUT2D eigenvalue weighted by Crippen LogP contribution is 2.65. The molecule has 0 heterocycles. The molecule has 2 rings (SSSR count). The molecule has 0 nitrogen and oxygen atoms in total. The fourth-order valence-corrected chi connectivity index (χ4v) is 2.45. The van der Waals surface area contributed by atoms with Gasteiger partial charge in [-0.25, -0.2) is 0 Å². The van der Waals surface area contributed by atoms with Gasteiger partial charge < -0.3 is 0 Å². The lowest BCUT2D eigenvalue weighted by atomic mass is 9.76. The Balaban J connectivity index is 3.02. The standard InChI is InChI=1S/C13H10F8/c1-5-4-8-9(7(3)6(5)2)11(16,17)13(20,21)12(18,19)10(8,14)15/h4H,1-3H3. The first-order chi connectivity index (χ1) is 9.21. The fraction of sp³-hybridized carbons (Fsp3) is 0.538. The summed E-state index contributed by atoms with van der Waals surface area (Å²) in [6.45, 7) is 3.45. The van der Waals surface area contributed by atoms with E-state index in [4.69, 9.17) is 0 Å². The Morgan fingerprint density at radius 1 is 0.667 bits per heavy atom. The van der Waals surface area contributed by atoms with E-state index in [1.54, 1.807) is 0 Å². The van der Waals surface area contributed by atoms with Gasteiger partial charge in [-0.15, -0.1) is 0 Å². The molecule has 118 valence electrons. The summed E-state index contributed by atoms with van der Waals surface area (Å²) in [6.07, 6.45) is 0. The first kappa shape index (κ1) is 16.0. The minimum Gasteiger partial charge on any atom is -0.194 e. The summed E-state index contributed by atoms with van der Waals surface area (Å²) in [5.74, 6) is -23.2. The highest BCUT2D eigenvalue weighted by Gasteiger charge is 2.85. The zero-order valence-corrected chi connectivity index (χ0v) is 11.1. The summed E-state index contributed by atoms with van der Waals surface area (Å²) >= 11 is 0. The van der Waals surface area contributed by atoms with Crippen LogP contribution in [0, 0.1) is 20.8 Å². The first-order valence-electron chi connectivity index (χ1n) is 5.84. The predicted molar refractivity (Wildman–Crippen MR) is 58.3 cm³/mol. The van der Waals surface area contributed by atoms with Crippen molar-refractivity contribution >= 4 is 0 Å². The van der Waals surface area contributed by atoms with Crippen LogP contribution in [0.4, 0.5) is 35.1 Å². The zero-order valence-electron chi connectivity index (χ0n) is 11.1. The summed E-state index contributed by atoms with van der Waals surface area (Å²) in [4.78, 5) is 0. The van der Waals surface area contributed by atoms with Crippen molar-refractivity contribution in [2.24, 2.45) is 0 Å². The molecule has 0 N–H and O–H groups in total. The van der Waals surface area contributed by atoms with E-state index in [2.05, 4.69) is 0 Å². The Morgan fingerprint density at radius 3 is 1.57 bits per heavy atom. The molecule has 0 bridgehead atoms. The van der Waals surface area contributed by atoms with Gasteiger partial charge >= 0.3 is 23.7 Å². The maximum Gasteiger partial charge on any atom is 0.382 e. The van der Waals surface area contributed by atoms with Gasteiger partial charge in [-0.3, -0.25) is 0 Å². The Bertz CT molecular complexity index is 615. The van der Waals surface area contributed by atoms with Gasteiger partial charge in [0.05, 0.1) is 0 Å². The molecule has 0 fully saturated rings. The van der Waals surface area contributed by atoms with Crippen molar-refractivity contribution in [3.8, 4) is 0 Å². The number of alkyl halides is 8. The molecule has 1 aromatic carbocycles. The zero-order chi connectivity index (χ0) is 16.6. The molecule has 21 heavy (non-hydrogen) atoms. The SMILES string of the molecule is Cc1cc2c(c(C)c1C)C(F)(F)C(F)(F)C(F)(F)C2(F)F. The number of hydrogen-bond acceptors (Lipinski definition) is 0. The van der Waals surface area contributed by atoms with Gasteiger partial charge in [0.1, 0.15) is 0 Å². The Hall–Kier alpha value is -1.34. The monoisotopic (exact) mass is 318 g/mol. The molecule has 1 aliphatic rings. The topological polar surface area (TPSA) is 0 Å². The third-order valence-electron chi connectivity index (χ3n) is 3.99. The minimum atomic E-state index is -6.19. The molecule has 0 unspecified atom stereocenters. The van der Waals surface area contributed by atoms with Gasteiger partial charge in [-0.1, -0.05) is 0 Å². The molecular formula is C13H10F8. The average Bonchev–Trinajstić information content (AvgIpc) is 2.32. The lowest BCUT2D eigenvalue weighted by molar-refractivity contribution is -0.386. The molecular weight excluding hydrogens is 308 g/mol. The maximum absolute atomic E-state index is 13.8. The smallest absolute Gasteiger partial charge is 0.194 e. The van der Waals surface area contributed by atoms with E-state index in [9.17, 15) is 35.1 Å². The second-order valence-corrected chi connectivity index (χ2v) is 5.16. The summed E-state index contributed by atoms with van der Waals surface area (Å²) in [5.41, 5.74) is -3.88. The van der Waals surface area contributed by atoms with Gasteiger partial charge in [-0.2, -0.15) is 35.1 Å². The van der Waals surface area contributed by atoms with E-state index in [-0.39, 0.29) is 11.1 Å². The van der Waals surface area contributed by atoms with Crippen LogP contribution < -0.4 is 0 Å². The Morgan fingerprint density at radius 2 is 1.10 bits per heavy atom. The van der Waals surface area contributed by atoms with Crippen LogP contribution in [0.25, 0.3) is 0 Å². The van der Waals surface area contributed by atoms with Crippen molar-refractivity contribution in [1.82, 2.24) is 0 Å². The number of rotatable bonds is 0. The second-order valence-electron chi connectivity index (χ2n) is 5.16. The van der Waals surface area contributed by atoms with Gasteiger partial charge in [0.15, 0.2) is 0 Å². The summed E-state index contributed by atoms with van der Waals surface area (Å²) in [7, 11) is 0. The molecule has 0 aromatic heterocycles. The highest BCUT2D eigenvalue weighted by molar-refractivity contribution is 5.52. The Labute approximate surface area is 114 Å². The van der Waals surface area contributed by atoms with Crippen LogP contribution in [0.5, 0.6) is 0 Å². The molecule has 0 saturated heterocycles. The van der Waals surface area contributed by atoms with Crippen LogP contribution in [-0.2, 0) is 11.8 Å². The molecule has 0 radical (unpaired) electrons. The van der Waals surface area contributed by atoms with Gasteiger partial charge in [0, 0.05) is 11.1 Å². The van der Waals surface area contributed by atoms with E-state index in [0.717, 1.165) is 6.92 Å². The Kier molecular flexibility index (Phi) is 2.97. The average molecular weight is 318 g/mol. The van der Waals surface area contributed by atoms with Crippen molar-refractivity contribution in [3.05, 3.63) is 33.9 Å². The minimum absolute atomic E-state index is 0.0442. The number of fused-ring (bicyclic) bond motifs is 1. The molecule has 8 heteroatoms. The predicted octanol–water partition coefficient (Wildman–Crippen LogP) is 5.08. The van der Waals surface area contributed by atoms with Crippen LogP contribution in [-0.4, -0.2) is 11.8 Å². The third-order valence-corrected chi connectivity index (χ3v) is 3.99. The summed E-state index contributed by atoms with van der Waals surface area (Å²) in [6, 6.07) is 0.425. The molecule has 0 aliphatic heterocycles. The van der Waals surface area contributed by atoms with Crippen LogP contribution >= 0.6 is 0 Å². The quantitative estimate of drug-likeness (QED) is 0.585. The van der Waals surface area contributed by atoms with Crippen LogP contribution in [0.1, 0.15) is 27.8 Å². The van der Waals surface area contributed by atoms with Gasteiger partial charge in [0.25, 0.3) is 0 Å². The largest absolute Gasteiger partial charge is 0.382 e. The number of halogens is 8. The second kappa shape index (κ2) is 3.89. The van der Waals surface area contributed by atoms with E-state index in [1.165, 1.54) is 13.8 Å². The van der Waals surface area contributed by atoms with E-state index >= 15 is 0 Å². The van der Waals surface area contributed by atoms with Gasteiger partial charge in [-0.05, 0) is 43.5 Å². The van der Waals surface area contributed by atoms with E-state index in [0.29, 0.717) is 6.07 Å². The highest BCUT2D eigenvalue weighted by atomic mass is 19.4. The van der Waals surface area contributed by atoms with Crippen molar-refractivity contribution < 1.29 is 35.1 Å². The van der Waals surface area contributed by atoms with Crippen molar-refractivity contribution in [1.29, 1.82) is 0 Å². The summed E-state index contributed by atoms with van der Waals surface area (Å²) in [5, 5.41) is 0. The lowest BCUT2D eigenvalue weighted by Crippen LogP contribution is -2.64. The van der Waals surface area contributed by atoms with Crippen LogP contribution in [0.3, 0.4) is 0 Å². The molecule has 1 aliphatic carbocycles. The number of benzene rings is 1. The molecule has 0 amide bonds. The molecule has 0 saturated carbocycles. The molecule has 0 atom stereocenters. The van der Waals surface area contributed by atoms with Gasteiger partial charge in [0.2, 0.25) is 0 Å². The lowest BCUT2D eigenvalue weighted by Gasteiger charge is -2.43. The number of aryl methyl sites for hydroxylation is 1. The van der Waals surface area contributed by atoms with E-state index in [1.807, 2.05) is 0 Å². The maximum atomic E-state index is 13.8. The van der Waals surface area contributed by atoms with E-state index < -0.39 is 40.4 Å². The summed E-state index contributed by atoms with van der Waals surface area (Å²) < 4.78 is 109. The van der Waals surface area contributed by atoms with Crippen LogP contribution in [0.15, 0.2) is 6.07 Å². The number of hydrogen-bond donors (Lipinski definition) is 0. The van der Waals surface area contributed by atoms with Crippen molar-refractivity contribution in [2.75, 3.05) is 0 Å². The molecule has 1 aromatic rings. The molecule has 0 spiro atoms. The fourth-order valence-electron chi connectivity index (χ4n) is 2.45. The third kappa shape index (κ3) is 1.56. The first-order valence-corrected chi connectivity index (χ1v) is 5.84. The van der Waals surface area contributed by atoms with Crippen LogP contribution in [0.2, 0.25) is 0 Å². The van der Waals surface area contributed by atoms with Crippen molar-refractivity contribution in [2.45, 2.75) is 44.5 Å². The normalized spacial score (nSPS) is 24.5.